The van der Waals surface area contributed by atoms with Crippen LogP contribution in [0.15, 0.2) is 76.5 Å². The fourth-order valence-electron chi connectivity index (χ4n) is 4.52. The number of piperazine rings is 1. The Morgan fingerprint density at radius 1 is 0.946 bits per heavy atom. The summed E-state index contributed by atoms with van der Waals surface area (Å²) in [6, 6.07) is 21.4. The monoisotopic (exact) mass is 515 g/mol. The molecule has 1 fully saturated rings. The summed E-state index contributed by atoms with van der Waals surface area (Å²) in [7, 11) is 3.17. The van der Waals surface area contributed by atoms with E-state index in [2.05, 4.69) is 34.5 Å². The molecule has 0 atom stereocenters. The van der Waals surface area contributed by atoms with Crippen molar-refractivity contribution in [3.05, 3.63) is 88.3 Å². The molecule has 37 heavy (non-hydrogen) atoms. The van der Waals surface area contributed by atoms with Gasteiger partial charge in [-0.05, 0) is 47.5 Å². The summed E-state index contributed by atoms with van der Waals surface area (Å²) in [6.45, 7) is 3.93. The zero-order valence-corrected chi connectivity index (χ0v) is 21.7. The molecule has 0 unspecified atom stereocenters. The number of carbonyl (C=O) groups is 2. The summed E-state index contributed by atoms with van der Waals surface area (Å²) in [5.41, 5.74) is 3.36. The number of ether oxygens (including phenoxy) is 2. The van der Waals surface area contributed by atoms with Crippen molar-refractivity contribution in [2.24, 2.45) is 0 Å². The smallest absolute Gasteiger partial charge is 0.262 e. The van der Waals surface area contributed by atoms with Crippen molar-refractivity contribution in [2.45, 2.75) is 11.4 Å². The van der Waals surface area contributed by atoms with E-state index in [4.69, 9.17) is 9.47 Å². The van der Waals surface area contributed by atoms with Crippen LogP contribution < -0.4 is 14.8 Å². The van der Waals surface area contributed by atoms with Gasteiger partial charge < -0.3 is 19.7 Å². The number of nitrogens with zero attached hydrogens (tertiary/aromatic N) is 2. The van der Waals surface area contributed by atoms with Crippen LogP contribution in [0.5, 0.6) is 11.5 Å². The fourth-order valence-corrected chi connectivity index (χ4v) is 5.45. The third-order valence-corrected chi connectivity index (χ3v) is 7.63. The number of nitrogens with one attached hydrogen (secondary N) is 1. The van der Waals surface area contributed by atoms with Gasteiger partial charge in [-0.2, -0.15) is 0 Å². The summed E-state index contributed by atoms with van der Waals surface area (Å²) < 4.78 is 10.7. The van der Waals surface area contributed by atoms with E-state index in [1.54, 1.807) is 20.3 Å². The Morgan fingerprint density at radius 2 is 1.70 bits per heavy atom. The molecule has 2 amide bonds. The molecule has 2 aliphatic rings. The minimum atomic E-state index is -0.202. The lowest BCUT2D eigenvalue weighted by Crippen LogP contribution is -2.48. The number of hydrogen-bond donors (Lipinski definition) is 1. The van der Waals surface area contributed by atoms with E-state index >= 15 is 0 Å². The van der Waals surface area contributed by atoms with Gasteiger partial charge in [0.2, 0.25) is 0 Å². The van der Waals surface area contributed by atoms with Crippen molar-refractivity contribution in [1.82, 2.24) is 9.80 Å². The largest absolute Gasteiger partial charge is 0.493 e. The second kappa shape index (κ2) is 11.1. The maximum absolute atomic E-state index is 13.2. The second-order valence-corrected chi connectivity index (χ2v) is 10.0. The zero-order chi connectivity index (χ0) is 25.8. The van der Waals surface area contributed by atoms with Gasteiger partial charge in [-0.1, -0.05) is 48.2 Å². The Hall–Kier alpha value is -3.75. The highest BCUT2D eigenvalue weighted by Gasteiger charge is 2.26. The molecule has 7 nitrogen and oxygen atoms in total. The van der Waals surface area contributed by atoms with Crippen LogP contribution in [-0.4, -0.2) is 62.0 Å². The van der Waals surface area contributed by atoms with E-state index in [1.807, 2.05) is 47.4 Å². The fraction of sp³-hybridized carbons (Fsp3) is 0.241. The number of anilines is 1. The molecule has 3 aromatic carbocycles. The molecule has 3 aromatic rings. The highest BCUT2D eigenvalue weighted by Crippen LogP contribution is 2.40. The highest BCUT2D eigenvalue weighted by molar-refractivity contribution is 8.04. The first-order valence-electron chi connectivity index (χ1n) is 12.2. The number of thioether (sulfide) groups is 1. The van der Waals surface area contributed by atoms with E-state index in [-0.39, 0.29) is 11.8 Å². The Kier molecular flexibility index (Phi) is 7.48. The van der Waals surface area contributed by atoms with Gasteiger partial charge in [0, 0.05) is 43.2 Å². The normalized spacial score (nSPS) is 16.8. The van der Waals surface area contributed by atoms with E-state index in [9.17, 15) is 9.59 Å². The van der Waals surface area contributed by atoms with Crippen molar-refractivity contribution < 1.29 is 19.1 Å². The van der Waals surface area contributed by atoms with E-state index in [1.165, 1.54) is 17.3 Å². The number of hydrogen-bond acceptors (Lipinski definition) is 6. The topological polar surface area (TPSA) is 71.1 Å². The first-order chi connectivity index (χ1) is 18.0. The van der Waals surface area contributed by atoms with Crippen LogP contribution in [-0.2, 0) is 11.3 Å². The molecule has 8 heteroatoms. The van der Waals surface area contributed by atoms with Gasteiger partial charge in [0.05, 0.1) is 24.8 Å². The van der Waals surface area contributed by atoms with Crippen LogP contribution >= 0.6 is 11.8 Å². The standard InChI is InChI=1S/C29H29N3O4S/c1-35-24-10-8-21(16-25(24)36-2)17-27-28(33)30-23-18-22(9-11-26(23)37-27)29(34)32-14-12-31(13-15-32)19-20-6-4-3-5-7-20/h3-11,16-18H,12-15,19H2,1-2H3,(H,30,33). The van der Waals surface area contributed by atoms with E-state index in [0.717, 1.165) is 30.1 Å². The summed E-state index contributed by atoms with van der Waals surface area (Å²) >= 11 is 1.39. The Balaban J connectivity index is 1.24. The summed E-state index contributed by atoms with van der Waals surface area (Å²) in [6.07, 6.45) is 1.82. The third-order valence-electron chi connectivity index (χ3n) is 6.53. The molecule has 1 N–H and O–H groups in total. The minimum absolute atomic E-state index is 0.00641. The lowest BCUT2D eigenvalue weighted by molar-refractivity contribution is -0.112. The van der Waals surface area contributed by atoms with Gasteiger partial charge in [-0.3, -0.25) is 14.5 Å². The first-order valence-corrected chi connectivity index (χ1v) is 13.0. The van der Waals surface area contributed by atoms with Gasteiger partial charge >= 0.3 is 0 Å². The van der Waals surface area contributed by atoms with Gasteiger partial charge in [0.25, 0.3) is 11.8 Å². The van der Waals surface area contributed by atoms with Crippen LogP contribution in [0.4, 0.5) is 5.69 Å². The average Bonchev–Trinajstić information content (AvgIpc) is 2.93. The number of carbonyl (C=O) groups excluding carboxylic acids is 2. The van der Waals surface area contributed by atoms with Gasteiger partial charge in [0.15, 0.2) is 11.5 Å². The lowest BCUT2D eigenvalue weighted by atomic mass is 10.1. The molecule has 0 bridgehead atoms. The second-order valence-electron chi connectivity index (χ2n) is 8.94. The third kappa shape index (κ3) is 5.65. The molecule has 0 aliphatic carbocycles. The van der Waals surface area contributed by atoms with E-state index in [0.29, 0.717) is 40.7 Å². The van der Waals surface area contributed by atoms with Crippen molar-refractivity contribution in [2.75, 3.05) is 45.7 Å². The molecular weight excluding hydrogens is 486 g/mol. The lowest BCUT2D eigenvalue weighted by Gasteiger charge is -2.35. The summed E-state index contributed by atoms with van der Waals surface area (Å²) in [5.74, 6) is 1.02. The van der Waals surface area contributed by atoms with Crippen LogP contribution in [0.2, 0.25) is 0 Å². The number of benzene rings is 3. The molecule has 5 rings (SSSR count). The molecule has 0 radical (unpaired) electrons. The number of rotatable bonds is 6. The quantitative estimate of drug-likeness (QED) is 0.478. The SMILES string of the molecule is COc1ccc(C=C2Sc3ccc(C(=O)N4CCN(Cc5ccccc5)CC4)cc3NC2=O)cc1OC. The zero-order valence-electron chi connectivity index (χ0n) is 20.9. The minimum Gasteiger partial charge on any atom is -0.493 e. The van der Waals surface area contributed by atoms with Crippen LogP contribution in [0.3, 0.4) is 0 Å². The Morgan fingerprint density at radius 3 is 2.43 bits per heavy atom. The maximum atomic E-state index is 13.2. The Bertz CT molecular complexity index is 1330. The molecule has 0 aromatic heterocycles. The molecule has 2 heterocycles. The number of fused-ring (bicyclic) bond motifs is 1. The van der Waals surface area contributed by atoms with Crippen molar-refractivity contribution >= 4 is 35.3 Å². The van der Waals surface area contributed by atoms with Gasteiger partial charge in [-0.25, -0.2) is 0 Å². The Labute approximate surface area is 221 Å². The molecular formula is C29H29N3O4S. The first kappa shape index (κ1) is 24.9. The van der Waals surface area contributed by atoms with Crippen molar-refractivity contribution in [1.29, 1.82) is 0 Å². The summed E-state index contributed by atoms with van der Waals surface area (Å²) in [5, 5.41) is 2.95. The van der Waals surface area contributed by atoms with Crippen LogP contribution in [0.25, 0.3) is 6.08 Å². The highest BCUT2D eigenvalue weighted by atomic mass is 32.2. The average molecular weight is 516 g/mol. The molecule has 0 saturated carbocycles. The number of amides is 2. The molecule has 190 valence electrons. The molecule has 0 spiro atoms. The van der Waals surface area contributed by atoms with E-state index < -0.39 is 0 Å². The van der Waals surface area contributed by atoms with Crippen molar-refractivity contribution in [3.63, 3.8) is 0 Å². The van der Waals surface area contributed by atoms with Gasteiger partial charge in [-0.15, -0.1) is 0 Å². The van der Waals surface area contributed by atoms with Crippen molar-refractivity contribution in [3.8, 4) is 11.5 Å². The molecule has 1 saturated heterocycles. The molecule has 2 aliphatic heterocycles. The summed E-state index contributed by atoms with van der Waals surface area (Å²) in [4.78, 5) is 31.8. The van der Waals surface area contributed by atoms with Gasteiger partial charge in [0.1, 0.15) is 0 Å². The number of methoxy groups -OCH3 is 2. The van der Waals surface area contributed by atoms with Crippen LogP contribution in [0, 0.1) is 0 Å². The maximum Gasteiger partial charge on any atom is 0.262 e. The predicted octanol–water partition coefficient (Wildman–Crippen LogP) is 4.75. The predicted molar refractivity (Wildman–Crippen MR) is 146 cm³/mol. The van der Waals surface area contributed by atoms with Crippen LogP contribution in [0.1, 0.15) is 21.5 Å².